The number of fused-ring (bicyclic) bond motifs is 1. The molecule has 0 radical (unpaired) electrons. The SMILES string of the molecule is Clc1ccc2c(c1)nnn2CC1CC1. The molecule has 0 unspecified atom stereocenters. The molecule has 1 saturated carbocycles. The van der Waals surface area contributed by atoms with Crippen LogP contribution in [-0.2, 0) is 6.54 Å². The molecule has 0 spiro atoms. The molecule has 0 atom stereocenters. The first-order chi connectivity index (χ1) is 6.83. The molecule has 1 fully saturated rings. The molecule has 0 bridgehead atoms. The fourth-order valence-electron chi connectivity index (χ4n) is 1.63. The van der Waals surface area contributed by atoms with Crippen molar-refractivity contribution >= 4 is 22.6 Å². The number of rotatable bonds is 2. The topological polar surface area (TPSA) is 30.7 Å². The molecule has 1 heterocycles. The highest BCUT2D eigenvalue weighted by atomic mass is 35.5. The Morgan fingerprint density at radius 2 is 2.29 bits per heavy atom. The molecular formula is C10H10ClN3. The van der Waals surface area contributed by atoms with E-state index in [2.05, 4.69) is 10.3 Å². The van der Waals surface area contributed by atoms with Gasteiger partial charge in [0.05, 0.1) is 5.52 Å². The van der Waals surface area contributed by atoms with Gasteiger partial charge in [-0.2, -0.15) is 0 Å². The second kappa shape index (κ2) is 2.95. The Morgan fingerprint density at radius 3 is 3.07 bits per heavy atom. The molecule has 1 aromatic heterocycles. The minimum absolute atomic E-state index is 0.718. The molecule has 1 aromatic carbocycles. The van der Waals surface area contributed by atoms with Crippen LogP contribution in [0, 0.1) is 5.92 Å². The minimum atomic E-state index is 0.718. The Bertz CT molecular complexity index is 473. The zero-order chi connectivity index (χ0) is 9.54. The van der Waals surface area contributed by atoms with Gasteiger partial charge in [-0.3, -0.25) is 0 Å². The van der Waals surface area contributed by atoms with Gasteiger partial charge >= 0.3 is 0 Å². The molecule has 72 valence electrons. The summed E-state index contributed by atoms with van der Waals surface area (Å²) < 4.78 is 1.98. The summed E-state index contributed by atoms with van der Waals surface area (Å²) in [7, 11) is 0. The molecule has 0 amide bonds. The fourth-order valence-corrected chi connectivity index (χ4v) is 1.79. The van der Waals surface area contributed by atoms with Crippen LogP contribution in [0.4, 0.5) is 0 Å². The smallest absolute Gasteiger partial charge is 0.114 e. The van der Waals surface area contributed by atoms with Crippen molar-refractivity contribution in [2.45, 2.75) is 19.4 Å². The predicted molar refractivity (Wildman–Crippen MR) is 55.3 cm³/mol. The van der Waals surface area contributed by atoms with Gasteiger partial charge in [0.25, 0.3) is 0 Å². The summed E-state index contributed by atoms with van der Waals surface area (Å²) in [6.07, 6.45) is 2.66. The standard InChI is InChI=1S/C10H10ClN3/c11-8-3-4-10-9(5-8)12-13-14(10)6-7-1-2-7/h3-5,7H,1-2,6H2. The first-order valence-corrected chi connectivity index (χ1v) is 5.19. The highest BCUT2D eigenvalue weighted by Crippen LogP contribution is 2.31. The van der Waals surface area contributed by atoms with E-state index in [1.807, 2.05) is 22.9 Å². The monoisotopic (exact) mass is 207 g/mol. The van der Waals surface area contributed by atoms with Gasteiger partial charge in [-0.1, -0.05) is 16.8 Å². The van der Waals surface area contributed by atoms with E-state index in [9.17, 15) is 0 Å². The highest BCUT2D eigenvalue weighted by molar-refractivity contribution is 6.31. The van der Waals surface area contributed by atoms with E-state index < -0.39 is 0 Å². The maximum absolute atomic E-state index is 5.87. The zero-order valence-electron chi connectivity index (χ0n) is 7.65. The molecule has 0 N–H and O–H groups in total. The summed E-state index contributed by atoms with van der Waals surface area (Å²) in [5, 5.41) is 8.93. The van der Waals surface area contributed by atoms with E-state index in [-0.39, 0.29) is 0 Å². The fraction of sp³-hybridized carbons (Fsp3) is 0.400. The van der Waals surface area contributed by atoms with Crippen molar-refractivity contribution in [1.82, 2.24) is 15.0 Å². The summed E-state index contributed by atoms with van der Waals surface area (Å²) in [4.78, 5) is 0. The molecule has 0 aliphatic heterocycles. The van der Waals surface area contributed by atoms with E-state index in [1.165, 1.54) is 12.8 Å². The van der Waals surface area contributed by atoms with Crippen molar-refractivity contribution in [2.24, 2.45) is 5.92 Å². The predicted octanol–water partition coefficient (Wildman–Crippen LogP) is 2.49. The summed E-state index contributed by atoms with van der Waals surface area (Å²) in [5.41, 5.74) is 1.97. The third kappa shape index (κ3) is 1.38. The lowest BCUT2D eigenvalue weighted by molar-refractivity contribution is 0.559. The van der Waals surface area contributed by atoms with Crippen LogP contribution < -0.4 is 0 Å². The molecular weight excluding hydrogens is 198 g/mol. The van der Waals surface area contributed by atoms with Crippen LogP contribution in [0.2, 0.25) is 5.02 Å². The third-order valence-corrected chi connectivity index (χ3v) is 2.84. The molecule has 0 saturated heterocycles. The average molecular weight is 208 g/mol. The molecule has 14 heavy (non-hydrogen) atoms. The second-order valence-corrected chi connectivity index (χ2v) is 4.28. The number of hydrogen-bond donors (Lipinski definition) is 0. The molecule has 3 nitrogen and oxygen atoms in total. The maximum atomic E-state index is 5.87. The Kier molecular flexibility index (Phi) is 1.74. The van der Waals surface area contributed by atoms with E-state index in [4.69, 9.17) is 11.6 Å². The second-order valence-electron chi connectivity index (χ2n) is 3.85. The number of aromatic nitrogens is 3. The molecule has 1 aliphatic carbocycles. The first-order valence-electron chi connectivity index (χ1n) is 4.82. The number of halogens is 1. The lowest BCUT2D eigenvalue weighted by Crippen LogP contribution is -2.01. The van der Waals surface area contributed by atoms with E-state index in [0.29, 0.717) is 0 Å². The Labute approximate surface area is 86.7 Å². The largest absolute Gasteiger partial charge is 0.244 e. The lowest BCUT2D eigenvalue weighted by atomic mass is 10.3. The summed E-state index contributed by atoms with van der Waals surface area (Å²) in [6, 6.07) is 5.73. The molecule has 4 heteroatoms. The van der Waals surface area contributed by atoms with Crippen molar-refractivity contribution in [3.8, 4) is 0 Å². The van der Waals surface area contributed by atoms with Crippen LogP contribution in [0.25, 0.3) is 11.0 Å². The first kappa shape index (κ1) is 8.24. The normalized spacial score (nSPS) is 16.4. The number of hydrogen-bond acceptors (Lipinski definition) is 2. The Hall–Kier alpha value is -1.09. The van der Waals surface area contributed by atoms with Gasteiger partial charge in [-0.15, -0.1) is 5.10 Å². The molecule has 3 rings (SSSR count). The van der Waals surface area contributed by atoms with Gasteiger partial charge in [-0.25, -0.2) is 4.68 Å². The van der Waals surface area contributed by atoms with Gasteiger partial charge in [-0.05, 0) is 37.0 Å². The van der Waals surface area contributed by atoms with Gasteiger partial charge in [0, 0.05) is 11.6 Å². The molecule has 1 aliphatic rings. The van der Waals surface area contributed by atoms with E-state index in [0.717, 1.165) is 28.5 Å². The maximum Gasteiger partial charge on any atom is 0.114 e. The number of benzene rings is 1. The zero-order valence-corrected chi connectivity index (χ0v) is 8.41. The minimum Gasteiger partial charge on any atom is -0.244 e. The lowest BCUT2D eigenvalue weighted by Gasteiger charge is -1.98. The summed E-state index contributed by atoms with van der Waals surface area (Å²) in [5.74, 6) is 0.815. The molecule has 2 aromatic rings. The van der Waals surface area contributed by atoms with Crippen molar-refractivity contribution in [2.75, 3.05) is 0 Å². The third-order valence-electron chi connectivity index (χ3n) is 2.60. The van der Waals surface area contributed by atoms with Gasteiger partial charge in [0.15, 0.2) is 0 Å². The van der Waals surface area contributed by atoms with Crippen LogP contribution in [0.3, 0.4) is 0 Å². The highest BCUT2D eigenvalue weighted by Gasteiger charge is 2.22. The van der Waals surface area contributed by atoms with Gasteiger partial charge < -0.3 is 0 Å². The average Bonchev–Trinajstić information content (AvgIpc) is 2.89. The quantitative estimate of drug-likeness (QED) is 0.758. The van der Waals surface area contributed by atoms with Crippen molar-refractivity contribution in [3.05, 3.63) is 23.2 Å². The van der Waals surface area contributed by atoms with Crippen LogP contribution >= 0.6 is 11.6 Å². The Morgan fingerprint density at radius 1 is 1.43 bits per heavy atom. The summed E-state index contributed by atoms with van der Waals surface area (Å²) in [6.45, 7) is 0.998. The van der Waals surface area contributed by atoms with Gasteiger partial charge in [0.1, 0.15) is 5.52 Å². The number of nitrogens with zero attached hydrogens (tertiary/aromatic N) is 3. The van der Waals surface area contributed by atoms with Crippen LogP contribution in [0.5, 0.6) is 0 Å². The van der Waals surface area contributed by atoms with E-state index in [1.54, 1.807) is 0 Å². The summed E-state index contributed by atoms with van der Waals surface area (Å²) >= 11 is 5.87. The van der Waals surface area contributed by atoms with Crippen molar-refractivity contribution in [3.63, 3.8) is 0 Å². The Balaban J connectivity index is 2.06. The van der Waals surface area contributed by atoms with Crippen molar-refractivity contribution in [1.29, 1.82) is 0 Å². The van der Waals surface area contributed by atoms with Crippen LogP contribution in [0.1, 0.15) is 12.8 Å². The van der Waals surface area contributed by atoms with Crippen LogP contribution in [0.15, 0.2) is 18.2 Å². The van der Waals surface area contributed by atoms with Gasteiger partial charge in [0.2, 0.25) is 0 Å². The van der Waals surface area contributed by atoms with E-state index >= 15 is 0 Å². The van der Waals surface area contributed by atoms with Crippen LogP contribution in [-0.4, -0.2) is 15.0 Å². The van der Waals surface area contributed by atoms with Crippen molar-refractivity contribution < 1.29 is 0 Å².